The van der Waals surface area contributed by atoms with E-state index in [-0.39, 0.29) is 17.6 Å². The molecule has 33 heavy (non-hydrogen) atoms. The Morgan fingerprint density at radius 2 is 1.70 bits per heavy atom. The standard InChI is InChI=1S/C22H26N8O2S/c1-28-11-13-30(14-12-28)19-6-4-3-5-18(19)24-21(32)16-7-9-17(10-8-16)23-20(31)15-33-22-25-26-27-29(22)2/h3-10H,11-15H2,1-2H3,(H,23,31)(H,24,32). The molecule has 0 saturated carbocycles. The van der Waals surface area contributed by atoms with Crippen molar-refractivity contribution in [2.24, 2.45) is 7.05 Å². The molecule has 11 heteroatoms. The van der Waals surface area contributed by atoms with Gasteiger partial charge in [0.15, 0.2) is 0 Å². The average Bonchev–Trinajstić information content (AvgIpc) is 3.24. The van der Waals surface area contributed by atoms with Crippen molar-refractivity contribution in [3.63, 3.8) is 0 Å². The number of tetrazole rings is 1. The molecule has 2 heterocycles. The van der Waals surface area contributed by atoms with Gasteiger partial charge in [-0.2, -0.15) is 0 Å². The molecule has 4 rings (SSSR count). The van der Waals surface area contributed by atoms with E-state index in [0.717, 1.165) is 37.6 Å². The minimum absolute atomic E-state index is 0.179. The number of aromatic nitrogens is 4. The molecule has 10 nitrogen and oxygen atoms in total. The predicted molar refractivity (Wildman–Crippen MR) is 129 cm³/mol. The molecule has 0 aliphatic carbocycles. The van der Waals surface area contributed by atoms with Crippen molar-refractivity contribution in [1.29, 1.82) is 0 Å². The van der Waals surface area contributed by atoms with E-state index in [1.807, 2.05) is 24.3 Å². The largest absolute Gasteiger partial charge is 0.367 e. The highest BCUT2D eigenvalue weighted by Gasteiger charge is 2.18. The molecule has 2 amide bonds. The lowest BCUT2D eigenvalue weighted by molar-refractivity contribution is -0.113. The summed E-state index contributed by atoms with van der Waals surface area (Å²) in [6.07, 6.45) is 0. The van der Waals surface area contributed by atoms with Crippen molar-refractivity contribution in [3.05, 3.63) is 54.1 Å². The minimum atomic E-state index is -0.195. The fourth-order valence-electron chi connectivity index (χ4n) is 3.47. The third kappa shape index (κ3) is 5.88. The molecular weight excluding hydrogens is 440 g/mol. The molecular formula is C22H26N8O2S. The molecule has 0 atom stereocenters. The molecule has 1 aliphatic rings. The molecule has 0 unspecified atom stereocenters. The number of carbonyl (C=O) groups is 2. The monoisotopic (exact) mass is 466 g/mol. The normalized spacial score (nSPS) is 14.2. The molecule has 172 valence electrons. The summed E-state index contributed by atoms with van der Waals surface area (Å²) >= 11 is 1.25. The lowest BCUT2D eigenvalue weighted by Gasteiger charge is -2.35. The molecule has 2 N–H and O–H groups in total. The first-order valence-corrected chi connectivity index (χ1v) is 11.6. The van der Waals surface area contributed by atoms with Gasteiger partial charge in [-0.25, -0.2) is 4.68 Å². The van der Waals surface area contributed by atoms with E-state index in [1.165, 1.54) is 16.4 Å². The van der Waals surface area contributed by atoms with Gasteiger partial charge < -0.3 is 20.4 Å². The van der Waals surface area contributed by atoms with Crippen LogP contribution in [0.1, 0.15) is 10.4 Å². The fourth-order valence-corrected chi connectivity index (χ4v) is 4.12. The highest BCUT2D eigenvalue weighted by Crippen LogP contribution is 2.27. The third-order valence-electron chi connectivity index (χ3n) is 5.34. The van der Waals surface area contributed by atoms with Crippen LogP contribution in [-0.4, -0.2) is 75.9 Å². The van der Waals surface area contributed by atoms with Gasteiger partial charge in [0.05, 0.1) is 17.1 Å². The summed E-state index contributed by atoms with van der Waals surface area (Å²) in [4.78, 5) is 29.6. The smallest absolute Gasteiger partial charge is 0.255 e. The second-order valence-corrected chi connectivity index (χ2v) is 8.70. The van der Waals surface area contributed by atoms with Crippen LogP contribution in [0.2, 0.25) is 0 Å². The molecule has 1 fully saturated rings. The Balaban J connectivity index is 1.34. The van der Waals surface area contributed by atoms with Crippen molar-refractivity contribution in [2.75, 3.05) is 54.5 Å². The second-order valence-electron chi connectivity index (χ2n) is 7.76. The number of amides is 2. The van der Waals surface area contributed by atoms with E-state index in [1.54, 1.807) is 31.3 Å². The molecule has 0 bridgehead atoms. The number of likely N-dealkylation sites (N-methyl/N-ethyl adjacent to an activating group) is 1. The van der Waals surface area contributed by atoms with Crippen molar-refractivity contribution in [1.82, 2.24) is 25.1 Å². The Morgan fingerprint density at radius 3 is 2.39 bits per heavy atom. The zero-order valence-corrected chi connectivity index (χ0v) is 19.4. The van der Waals surface area contributed by atoms with Gasteiger partial charge in [-0.1, -0.05) is 23.9 Å². The van der Waals surface area contributed by atoms with Gasteiger partial charge in [0.25, 0.3) is 5.91 Å². The average molecular weight is 467 g/mol. The first-order chi connectivity index (χ1) is 16.0. The number of nitrogens with zero attached hydrogens (tertiary/aromatic N) is 6. The number of rotatable bonds is 7. The number of benzene rings is 2. The van der Waals surface area contributed by atoms with Crippen molar-refractivity contribution >= 4 is 40.6 Å². The maximum atomic E-state index is 12.9. The van der Waals surface area contributed by atoms with Crippen molar-refractivity contribution in [2.45, 2.75) is 5.16 Å². The molecule has 0 spiro atoms. The Kier molecular flexibility index (Phi) is 7.20. The molecule has 2 aromatic carbocycles. The molecule has 3 aromatic rings. The topological polar surface area (TPSA) is 108 Å². The SMILES string of the molecule is CN1CCN(c2ccccc2NC(=O)c2ccc(NC(=O)CSc3nnnn3C)cc2)CC1. The molecule has 0 radical (unpaired) electrons. The number of hydrogen-bond donors (Lipinski definition) is 2. The number of piperazine rings is 1. The van der Waals surface area contributed by atoms with Crippen molar-refractivity contribution in [3.8, 4) is 0 Å². The summed E-state index contributed by atoms with van der Waals surface area (Å²) in [5, 5.41) is 17.5. The number of nitrogens with one attached hydrogen (secondary N) is 2. The zero-order chi connectivity index (χ0) is 23.2. The molecule has 1 aromatic heterocycles. The summed E-state index contributed by atoms with van der Waals surface area (Å²) < 4.78 is 1.51. The Bertz CT molecular complexity index is 1110. The van der Waals surface area contributed by atoms with Crippen LogP contribution in [0.5, 0.6) is 0 Å². The Labute approximate surface area is 196 Å². The number of anilines is 3. The second kappa shape index (κ2) is 10.5. The van der Waals surface area contributed by atoms with Crippen molar-refractivity contribution < 1.29 is 9.59 Å². The maximum absolute atomic E-state index is 12.9. The van der Waals surface area contributed by atoms with E-state index >= 15 is 0 Å². The molecule has 1 saturated heterocycles. The lowest BCUT2D eigenvalue weighted by atomic mass is 10.1. The number of aryl methyl sites for hydroxylation is 1. The lowest BCUT2D eigenvalue weighted by Crippen LogP contribution is -2.44. The predicted octanol–water partition coefficient (Wildman–Crippen LogP) is 1.94. The van der Waals surface area contributed by atoms with Crippen LogP contribution in [0.4, 0.5) is 17.1 Å². The van der Waals surface area contributed by atoms with Gasteiger partial charge in [0.2, 0.25) is 11.1 Å². The maximum Gasteiger partial charge on any atom is 0.255 e. The van der Waals surface area contributed by atoms with E-state index in [2.05, 4.69) is 43.0 Å². The van der Waals surface area contributed by atoms with Crippen LogP contribution < -0.4 is 15.5 Å². The third-order valence-corrected chi connectivity index (χ3v) is 6.35. The highest BCUT2D eigenvalue weighted by atomic mass is 32.2. The van der Waals surface area contributed by atoms with Crippen LogP contribution in [-0.2, 0) is 11.8 Å². The van der Waals surface area contributed by atoms with Gasteiger partial charge in [0, 0.05) is 44.5 Å². The summed E-state index contributed by atoms with van der Waals surface area (Å²) in [5.41, 5.74) is 2.95. The Hall–Kier alpha value is -3.44. The summed E-state index contributed by atoms with van der Waals surface area (Å²) in [7, 11) is 3.83. The minimum Gasteiger partial charge on any atom is -0.367 e. The first kappa shape index (κ1) is 22.7. The first-order valence-electron chi connectivity index (χ1n) is 10.6. The summed E-state index contributed by atoms with van der Waals surface area (Å²) in [6, 6.07) is 14.7. The van der Waals surface area contributed by atoms with E-state index in [9.17, 15) is 9.59 Å². The van der Waals surface area contributed by atoms with Gasteiger partial charge in [-0.05, 0) is 53.9 Å². The number of para-hydroxylation sites is 2. The highest BCUT2D eigenvalue weighted by molar-refractivity contribution is 7.99. The van der Waals surface area contributed by atoms with Crippen LogP contribution in [0.15, 0.2) is 53.7 Å². The number of thioether (sulfide) groups is 1. The van der Waals surface area contributed by atoms with Gasteiger partial charge in [0.1, 0.15) is 0 Å². The summed E-state index contributed by atoms with van der Waals surface area (Å²) in [5.74, 6) is -0.194. The summed E-state index contributed by atoms with van der Waals surface area (Å²) in [6.45, 7) is 3.82. The van der Waals surface area contributed by atoms with Crippen LogP contribution in [0.25, 0.3) is 0 Å². The van der Waals surface area contributed by atoms with Gasteiger partial charge in [-0.15, -0.1) is 5.10 Å². The molecule has 1 aliphatic heterocycles. The van der Waals surface area contributed by atoms with Crippen LogP contribution in [0, 0.1) is 0 Å². The zero-order valence-electron chi connectivity index (χ0n) is 18.6. The Morgan fingerprint density at radius 1 is 0.970 bits per heavy atom. The van der Waals surface area contributed by atoms with E-state index in [4.69, 9.17) is 0 Å². The van der Waals surface area contributed by atoms with E-state index in [0.29, 0.717) is 16.4 Å². The van der Waals surface area contributed by atoms with Gasteiger partial charge >= 0.3 is 0 Å². The van der Waals surface area contributed by atoms with E-state index < -0.39 is 0 Å². The van der Waals surface area contributed by atoms with Crippen LogP contribution in [0.3, 0.4) is 0 Å². The van der Waals surface area contributed by atoms with Crippen LogP contribution >= 0.6 is 11.8 Å². The fraction of sp³-hybridized carbons (Fsp3) is 0.318. The number of carbonyl (C=O) groups excluding carboxylic acids is 2. The number of hydrogen-bond acceptors (Lipinski definition) is 8. The quantitative estimate of drug-likeness (QED) is 0.509. The van der Waals surface area contributed by atoms with Gasteiger partial charge in [-0.3, -0.25) is 9.59 Å².